The van der Waals surface area contributed by atoms with Crippen LogP contribution in [0.25, 0.3) is 0 Å². The number of aliphatic hydroxyl groups is 1. The van der Waals surface area contributed by atoms with E-state index in [0.29, 0.717) is 17.5 Å². The maximum absolute atomic E-state index is 9.75. The summed E-state index contributed by atoms with van der Waals surface area (Å²) in [5.41, 5.74) is 0.762. The van der Waals surface area contributed by atoms with E-state index in [1.54, 1.807) is 19.1 Å². The molecule has 0 fully saturated rings. The number of aliphatic hydroxyl groups excluding tert-OH is 1. The Balaban J connectivity index is 2.65. The van der Waals surface area contributed by atoms with Crippen LogP contribution in [-0.2, 0) is 0 Å². The third-order valence-corrected chi connectivity index (χ3v) is 3.67. The predicted octanol–water partition coefficient (Wildman–Crippen LogP) is 4.99. The quantitative estimate of drug-likeness (QED) is 0.729. The third-order valence-electron chi connectivity index (χ3n) is 3.44. The van der Waals surface area contributed by atoms with Crippen molar-refractivity contribution in [3.05, 3.63) is 28.8 Å². The first-order chi connectivity index (χ1) is 9.08. The Bertz CT molecular complexity index is 377. The van der Waals surface area contributed by atoms with Gasteiger partial charge in [-0.15, -0.1) is 0 Å². The summed E-state index contributed by atoms with van der Waals surface area (Å²) in [6.07, 6.45) is 4.22. The lowest BCUT2D eigenvalue weighted by Gasteiger charge is -2.18. The first-order valence-electron chi connectivity index (χ1n) is 7.18. The highest BCUT2D eigenvalue weighted by Crippen LogP contribution is 2.29. The Kier molecular flexibility index (Phi) is 7.25. The van der Waals surface area contributed by atoms with Crippen LogP contribution in [0.4, 0.5) is 0 Å². The maximum Gasteiger partial charge on any atom is 0.125 e. The number of ether oxygens (including phenoxy) is 1. The van der Waals surface area contributed by atoms with Crippen LogP contribution in [0.2, 0.25) is 5.02 Å². The lowest BCUT2D eigenvalue weighted by molar-refractivity contribution is 0.183. The molecule has 108 valence electrons. The van der Waals surface area contributed by atoms with Crippen LogP contribution in [0.3, 0.4) is 0 Å². The topological polar surface area (TPSA) is 29.5 Å². The summed E-state index contributed by atoms with van der Waals surface area (Å²) in [5.74, 6) is 1.33. The molecule has 1 rings (SSSR count). The molecule has 0 bridgehead atoms. The second kappa shape index (κ2) is 8.44. The molecular formula is C16H25ClO2. The average Bonchev–Trinajstić information content (AvgIpc) is 2.40. The molecule has 0 heterocycles. The summed E-state index contributed by atoms with van der Waals surface area (Å²) in [5, 5.41) is 10.4. The largest absolute Gasteiger partial charge is 0.493 e. The van der Waals surface area contributed by atoms with Crippen LogP contribution >= 0.6 is 11.6 Å². The standard InChI is InChI=1S/C16H25ClO2/c1-4-6-7-13(5-2)11-19-16-9-8-14(17)10-15(16)12(3)18/h8-10,12-13,18H,4-7,11H2,1-3H3/t12-,13?/m0/s1. The van der Waals surface area contributed by atoms with E-state index in [-0.39, 0.29) is 0 Å². The zero-order valence-electron chi connectivity index (χ0n) is 12.2. The molecule has 0 aliphatic rings. The SMILES string of the molecule is CCCCC(CC)COc1ccc(Cl)cc1[C@H](C)O. The minimum absolute atomic E-state index is 0.565. The molecule has 0 saturated carbocycles. The zero-order chi connectivity index (χ0) is 14.3. The summed E-state index contributed by atoms with van der Waals surface area (Å²) in [6.45, 7) is 6.84. The van der Waals surface area contributed by atoms with Gasteiger partial charge in [-0.3, -0.25) is 0 Å². The van der Waals surface area contributed by atoms with Gasteiger partial charge < -0.3 is 9.84 Å². The van der Waals surface area contributed by atoms with Crippen molar-refractivity contribution >= 4 is 11.6 Å². The Morgan fingerprint density at radius 3 is 2.63 bits per heavy atom. The van der Waals surface area contributed by atoms with Crippen molar-refractivity contribution in [3.63, 3.8) is 0 Å². The molecule has 1 aromatic rings. The van der Waals surface area contributed by atoms with Gasteiger partial charge in [0, 0.05) is 10.6 Å². The molecule has 1 aromatic carbocycles. The molecule has 3 heteroatoms. The number of hydrogen-bond donors (Lipinski definition) is 1. The van der Waals surface area contributed by atoms with Gasteiger partial charge in [0.25, 0.3) is 0 Å². The Hall–Kier alpha value is -0.730. The second-order valence-electron chi connectivity index (χ2n) is 5.09. The van der Waals surface area contributed by atoms with Crippen molar-refractivity contribution in [2.24, 2.45) is 5.92 Å². The molecule has 19 heavy (non-hydrogen) atoms. The van der Waals surface area contributed by atoms with E-state index in [0.717, 1.165) is 17.7 Å². The summed E-state index contributed by atoms with van der Waals surface area (Å²) in [4.78, 5) is 0. The van der Waals surface area contributed by atoms with E-state index < -0.39 is 6.10 Å². The first kappa shape index (κ1) is 16.3. The van der Waals surface area contributed by atoms with Crippen LogP contribution in [-0.4, -0.2) is 11.7 Å². The summed E-state index contributed by atoms with van der Waals surface area (Å²) >= 11 is 5.95. The monoisotopic (exact) mass is 284 g/mol. The molecule has 0 saturated heterocycles. The fourth-order valence-corrected chi connectivity index (χ4v) is 2.26. The minimum atomic E-state index is -0.565. The van der Waals surface area contributed by atoms with Crippen molar-refractivity contribution in [2.45, 2.75) is 52.6 Å². The van der Waals surface area contributed by atoms with Gasteiger partial charge >= 0.3 is 0 Å². The number of rotatable bonds is 8. The molecule has 0 aliphatic heterocycles. The smallest absolute Gasteiger partial charge is 0.125 e. The first-order valence-corrected chi connectivity index (χ1v) is 7.56. The van der Waals surface area contributed by atoms with E-state index in [9.17, 15) is 5.11 Å². The van der Waals surface area contributed by atoms with Crippen molar-refractivity contribution in [1.82, 2.24) is 0 Å². The van der Waals surface area contributed by atoms with Crippen LogP contribution in [0.15, 0.2) is 18.2 Å². The Labute approximate surface area is 121 Å². The summed E-state index contributed by atoms with van der Waals surface area (Å²) < 4.78 is 5.88. The molecule has 0 aliphatic carbocycles. The normalized spacial score (nSPS) is 14.2. The average molecular weight is 285 g/mol. The molecule has 0 amide bonds. The highest BCUT2D eigenvalue weighted by atomic mass is 35.5. The van der Waals surface area contributed by atoms with E-state index in [4.69, 9.17) is 16.3 Å². The van der Waals surface area contributed by atoms with Gasteiger partial charge in [0.2, 0.25) is 0 Å². The molecular weight excluding hydrogens is 260 g/mol. The van der Waals surface area contributed by atoms with Crippen molar-refractivity contribution in [2.75, 3.05) is 6.61 Å². The van der Waals surface area contributed by atoms with E-state index in [1.807, 2.05) is 6.07 Å². The highest BCUT2D eigenvalue weighted by Gasteiger charge is 2.12. The maximum atomic E-state index is 9.75. The lowest BCUT2D eigenvalue weighted by Crippen LogP contribution is -2.12. The van der Waals surface area contributed by atoms with Crippen molar-refractivity contribution < 1.29 is 9.84 Å². The van der Waals surface area contributed by atoms with Gasteiger partial charge in [0.05, 0.1) is 12.7 Å². The van der Waals surface area contributed by atoms with Crippen molar-refractivity contribution in [3.8, 4) is 5.75 Å². The molecule has 0 aromatic heterocycles. The van der Waals surface area contributed by atoms with Crippen LogP contribution in [0, 0.1) is 5.92 Å². The number of hydrogen-bond acceptors (Lipinski definition) is 2. The second-order valence-corrected chi connectivity index (χ2v) is 5.52. The van der Waals surface area contributed by atoms with E-state index in [1.165, 1.54) is 19.3 Å². The third kappa shape index (κ3) is 5.42. The fraction of sp³-hybridized carbons (Fsp3) is 0.625. The van der Waals surface area contributed by atoms with Gasteiger partial charge in [-0.25, -0.2) is 0 Å². The Morgan fingerprint density at radius 2 is 2.05 bits per heavy atom. The molecule has 2 nitrogen and oxygen atoms in total. The van der Waals surface area contributed by atoms with Crippen LogP contribution in [0.5, 0.6) is 5.75 Å². The van der Waals surface area contributed by atoms with E-state index in [2.05, 4.69) is 13.8 Å². The van der Waals surface area contributed by atoms with E-state index >= 15 is 0 Å². The lowest BCUT2D eigenvalue weighted by atomic mass is 10.0. The number of unbranched alkanes of at least 4 members (excludes halogenated alkanes) is 1. The predicted molar refractivity (Wildman–Crippen MR) is 80.9 cm³/mol. The summed E-state index contributed by atoms with van der Waals surface area (Å²) in [7, 11) is 0. The molecule has 2 atom stereocenters. The van der Waals surface area contributed by atoms with Gasteiger partial charge in [-0.05, 0) is 37.5 Å². The molecule has 0 radical (unpaired) electrons. The molecule has 1 unspecified atom stereocenters. The number of benzene rings is 1. The fourth-order valence-electron chi connectivity index (χ4n) is 2.08. The van der Waals surface area contributed by atoms with Gasteiger partial charge in [0.15, 0.2) is 0 Å². The van der Waals surface area contributed by atoms with Gasteiger partial charge in [-0.1, -0.05) is 44.7 Å². The molecule has 0 spiro atoms. The van der Waals surface area contributed by atoms with Gasteiger partial charge in [-0.2, -0.15) is 0 Å². The molecule has 1 N–H and O–H groups in total. The van der Waals surface area contributed by atoms with Crippen LogP contribution < -0.4 is 4.74 Å². The zero-order valence-corrected chi connectivity index (χ0v) is 12.9. The summed E-state index contributed by atoms with van der Waals surface area (Å²) in [6, 6.07) is 5.42. The Morgan fingerprint density at radius 1 is 1.32 bits per heavy atom. The van der Waals surface area contributed by atoms with Crippen LogP contribution in [0.1, 0.15) is 58.1 Å². The highest BCUT2D eigenvalue weighted by molar-refractivity contribution is 6.30. The number of halogens is 1. The van der Waals surface area contributed by atoms with Crippen molar-refractivity contribution in [1.29, 1.82) is 0 Å². The minimum Gasteiger partial charge on any atom is -0.493 e. The van der Waals surface area contributed by atoms with Gasteiger partial charge in [0.1, 0.15) is 5.75 Å².